The van der Waals surface area contributed by atoms with E-state index in [-0.39, 0.29) is 16.7 Å². The summed E-state index contributed by atoms with van der Waals surface area (Å²) in [6.45, 7) is 4.26. The maximum absolute atomic E-state index is 10.7. The van der Waals surface area contributed by atoms with E-state index in [1.807, 2.05) is 6.07 Å². The zero-order chi connectivity index (χ0) is 14.7. The normalized spacial score (nSPS) is 23.1. The highest BCUT2D eigenvalue weighted by molar-refractivity contribution is 5.34. The standard InChI is InChI=1S/C15H21N3O3/c19-18(20)14-3-1-2-12(8-14)9-16-10-15-11-17(6-7-21-15)13-4-5-13/h1-3,8,13,15-16H,4-7,9-11H2. The molecule has 0 bridgehead atoms. The average molecular weight is 291 g/mol. The summed E-state index contributed by atoms with van der Waals surface area (Å²) in [6, 6.07) is 7.54. The SMILES string of the molecule is O=[N+]([O-])c1cccc(CNCC2CN(C3CC3)CCO2)c1. The van der Waals surface area contributed by atoms with Gasteiger partial charge >= 0.3 is 0 Å². The van der Waals surface area contributed by atoms with Crippen LogP contribution in [0, 0.1) is 10.1 Å². The lowest BCUT2D eigenvalue weighted by molar-refractivity contribution is -0.384. The molecule has 6 nitrogen and oxygen atoms in total. The number of nitro groups is 1. The summed E-state index contributed by atoms with van der Waals surface area (Å²) in [5, 5.41) is 14.1. The molecule has 1 atom stereocenters. The molecule has 3 rings (SSSR count). The first-order valence-electron chi connectivity index (χ1n) is 7.52. The van der Waals surface area contributed by atoms with Gasteiger partial charge in [0.25, 0.3) is 5.69 Å². The predicted molar refractivity (Wildman–Crippen MR) is 79.1 cm³/mol. The van der Waals surface area contributed by atoms with Gasteiger partial charge in [-0.3, -0.25) is 15.0 Å². The first-order chi connectivity index (χ1) is 10.2. The zero-order valence-electron chi connectivity index (χ0n) is 12.0. The maximum Gasteiger partial charge on any atom is 0.269 e. The lowest BCUT2D eigenvalue weighted by Gasteiger charge is -2.33. The Hall–Kier alpha value is -1.50. The first-order valence-corrected chi connectivity index (χ1v) is 7.52. The average Bonchev–Trinajstić information content (AvgIpc) is 3.33. The van der Waals surface area contributed by atoms with E-state index >= 15 is 0 Å². The van der Waals surface area contributed by atoms with Crippen LogP contribution in [0.4, 0.5) is 5.69 Å². The number of nitro benzene ring substituents is 1. The molecule has 1 aromatic rings. The predicted octanol–water partition coefficient (Wildman–Crippen LogP) is 1.55. The van der Waals surface area contributed by atoms with Crippen LogP contribution in [0.1, 0.15) is 18.4 Å². The molecule has 1 saturated heterocycles. The molecule has 21 heavy (non-hydrogen) atoms. The van der Waals surface area contributed by atoms with Crippen molar-refractivity contribution in [3.8, 4) is 0 Å². The summed E-state index contributed by atoms with van der Waals surface area (Å²) < 4.78 is 5.77. The van der Waals surface area contributed by atoms with Crippen molar-refractivity contribution in [2.24, 2.45) is 0 Å². The van der Waals surface area contributed by atoms with Crippen LogP contribution in [0.25, 0.3) is 0 Å². The molecular formula is C15H21N3O3. The van der Waals surface area contributed by atoms with Crippen LogP contribution >= 0.6 is 0 Å². The van der Waals surface area contributed by atoms with E-state index in [0.717, 1.165) is 37.8 Å². The lowest BCUT2D eigenvalue weighted by atomic mass is 10.2. The number of ether oxygens (including phenoxy) is 1. The Morgan fingerprint density at radius 3 is 3.05 bits per heavy atom. The van der Waals surface area contributed by atoms with Crippen LogP contribution in [0.2, 0.25) is 0 Å². The zero-order valence-corrected chi connectivity index (χ0v) is 12.0. The second-order valence-corrected chi connectivity index (χ2v) is 5.78. The van der Waals surface area contributed by atoms with Gasteiger partial charge in [0.2, 0.25) is 0 Å². The lowest BCUT2D eigenvalue weighted by Crippen LogP contribution is -2.47. The molecular weight excluding hydrogens is 270 g/mol. The van der Waals surface area contributed by atoms with E-state index in [9.17, 15) is 10.1 Å². The Morgan fingerprint density at radius 2 is 2.29 bits per heavy atom. The highest BCUT2D eigenvalue weighted by Crippen LogP contribution is 2.28. The fourth-order valence-corrected chi connectivity index (χ4v) is 2.79. The molecule has 114 valence electrons. The third kappa shape index (κ3) is 4.00. The number of morpholine rings is 1. The van der Waals surface area contributed by atoms with E-state index in [1.54, 1.807) is 12.1 Å². The summed E-state index contributed by atoms with van der Waals surface area (Å²) in [5.74, 6) is 0. The van der Waals surface area contributed by atoms with Crippen LogP contribution in [-0.4, -0.2) is 48.2 Å². The van der Waals surface area contributed by atoms with Gasteiger partial charge in [-0.25, -0.2) is 0 Å². The molecule has 2 aliphatic rings. The summed E-state index contributed by atoms with van der Waals surface area (Å²) in [5.41, 5.74) is 1.07. The molecule has 6 heteroatoms. The van der Waals surface area contributed by atoms with Gasteiger partial charge < -0.3 is 10.1 Å². The molecule has 0 radical (unpaired) electrons. The minimum atomic E-state index is -0.360. The van der Waals surface area contributed by atoms with Gasteiger partial charge in [0.15, 0.2) is 0 Å². The summed E-state index contributed by atoms with van der Waals surface area (Å²) in [6.07, 6.45) is 2.87. The summed E-state index contributed by atoms with van der Waals surface area (Å²) in [4.78, 5) is 12.9. The molecule has 0 amide bonds. The maximum atomic E-state index is 10.7. The number of nitrogens with one attached hydrogen (secondary N) is 1. The van der Waals surface area contributed by atoms with Crippen LogP contribution in [0.5, 0.6) is 0 Å². The Balaban J connectivity index is 1.45. The van der Waals surface area contributed by atoms with Crippen LogP contribution in [0.15, 0.2) is 24.3 Å². The molecule has 0 spiro atoms. The van der Waals surface area contributed by atoms with Crippen LogP contribution < -0.4 is 5.32 Å². The Labute approximate surface area is 124 Å². The molecule has 1 heterocycles. The molecule has 1 aliphatic heterocycles. The molecule has 1 aliphatic carbocycles. The van der Waals surface area contributed by atoms with Gasteiger partial charge in [0, 0.05) is 44.4 Å². The fourth-order valence-electron chi connectivity index (χ4n) is 2.79. The van der Waals surface area contributed by atoms with E-state index in [4.69, 9.17) is 4.74 Å². The van der Waals surface area contributed by atoms with Gasteiger partial charge in [-0.1, -0.05) is 12.1 Å². The Morgan fingerprint density at radius 1 is 1.43 bits per heavy atom. The van der Waals surface area contributed by atoms with Crippen molar-refractivity contribution >= 4 is 5.69 Å². The van der Waals surface area contributed by atoms with Crippen molar-refractivity contribution in [3.63, 3.8) is 0 Å². The summed E-state index contributed by atoms with van der Waals surface area (Å²) in [7, 11) is 0. The smallest absolute Gasteiger partial charge is 0.269 e. The Bertz CT molecular complexity index is 505. The number of hydrogen-bond acceptors (Lipinski definition) is 5. The van der Waals surface area contributed by atoms with Crippen molar-refractivity contribution in [2.45, 2.75) is 31.5 Å². The second kappa shape index (κ2) is 6.51. The highest BCUT2D eigenvalue weighted by atomic mass is 16.6. The molecule has 2 fully saturated rings. The van der Waals surface area contributed by atoms with E-state index < -0.39 is 0 Å². The van der Waals surface area contributed by atoms with E-state index in [1.165, 1.54) is 18.9 Å². The number of rotatable bonds is 6. The second-order valence-electron chi connectivity index (χ2n) is 5.78. The van der Waals surface area contributed by atoms with Crippen molar-refractivity contribution in [1.29, 1.82) is 0 Å². The van der Waals surface area contributed by atoms with E-state index in [0.29, 0.717) is 6.54 Å². The quantitative estimate of drug-likeness (QED) is 0.636. The summed E-state index contributed by atoms with van der Waals surface area (Å²) >= 11 is 0. The van der Waals surface area contributed by atoms with Crippen molar-refractivity contribution in [2.75, 3.05) is 26.2 Å². The minimum Gasteiger partial charge on any atom is -0.374 e. The number of hydrogen-bond donors (Lipinski definition) is 1. The van der Waals surface area contributed by atoms with Crippen LogP contribution in [0.3, 0.4) is 0 Å². The molecule has 1 unspecified atom stereocenters. The number of nitrogens with zero attached hydrogens (tertiary/aromatic N) is 2. The Kier molecular flexibility index (Phi) is 4.48. The highest BCUT2D eigenvalue weighted by Gasteiger charge is 2.32. The topological polar surface area (TPSA) is 67.6 Å². The monoisotopic (exact) mass is 291 g/mol. The minimum absolute atomic E-state index is 0.142. The van der Waals surface area contributed by atoms with Gasteiger partial charge in [0.05, 0.1) is 17.6 Å². The number of non-ortho nitro benzene ring substituents is 1. The third-order valence-corrected chi connectivity index (χ3v) is 4.06. The van der Waals surface area contributed by atoms with Gasteiger partial charge in [-0.2, -0.15) is 0 Å². The molecule has 1 aromatic carbocycles. The first kappa shape index (κ1) is 14.4. The van der Waals surface area contributed by atoms with Gasteiger partial charge in [-0.05, 0) is 18.4 Å². The largest absolute Gasteiger partial charge is 0.374 e. The van der Waals surface area contributed by atoms with Gasteiger partial charge in [-0.15, -0.1) is 0 Å². The molecule has 0 aromatic heterocycles. The molecule has 1 saturated carbocycles. The van der Waals surface area contributed by atoms with Crippen LogP contribution in [-0.2, 0) is 11.3 Å². The van der Waals surface area contributed by atoms with Crippen molar-refractivity contribution in [3.05, 3.63) is 39.9 Å². The molecule has 1 N–H and O–H groups in total. The number of benzene rings is 1. The third-order valence-electron chi connectivity index (χ3n) is 4.06. The van der Waals surface area contributed by atoms with E-state index in [2.05, 4.69) is 10.2 Å². The van der Waals surface area contributed by atoms with Crippen molar-refractivity contribution < 1.29 is 9.66 Å². The van der Waals surface area contributed by atoms with Gasteiger partial charge in [0.1, 0.15) is 0 Å². The van der Waals surface area contributed by atoms with Crippen molar-refractivity contribution in [1.82, 2.24) is 10.2 Å². The fraction of sp³-hybridized carbons (Fsp3) is 0.600.